The van der Waals surface area contributed by atoms with E-state index < -0.39 is 37.4 Å². The monoisotopic (exact) mass is 1150 g/mol. The maximum atomic E-state index is 14.5. The summed E-state index contributed by atoms with van der Waals surface area (Å²) in [4.78, 5) is 32.9. The summed E-state index contributed by atoms with van der Waals surface area (Å²) in [5, 5.41) is 2.13. The van der Waals surface area contributed by atoms with Gasteiger partial charge in [-0.1, -0.05) is 176 Å². The molecule has 0 bridgehead atoms. The van der Waals surface area contributed by atoms with Crippen LogP contribution in [0.3, 0.4) is 0 Å². The van der Waals surface area contributed by atoms with Gasteiger partial charge in [-0.15, -0.1) is 13.2 Å². The Morgan fingerprint density at radius 1 is 0.653 bits per heavy atom. The van der Waals surface area contributed by atoms with E-state index in [1.807, 2.05) is 156 Å². The second-order valence-electron chi connectivity index (χ2n) is 21.9. The first-order valence-corrected chi connectivity index (χ1v) is 30.7. The minimum Gasteiger partial charge on any atom is -0.330 e. The molecule has 412 valence electrons. The van der Waals surface area contributed by atoms with Crippen LogP contribution in [0.5, 0.6) is 0 Å². The van der Waals surface area contributed by atoms with Crippen LogP contribution in [-0.2, 0) is 29.0 Å². The smallest absolute Gasteiger partial charge is 0.229 e. The largest absolute Gasteiger partial charge is 0.330 e. The normalized spacial score (nSPS) is 24.5. The van der Waals surface area contributed by atoms with Gasteiger partial charge in [0.05, 0.1) is 52.7 Å². The topological polar surface area (TPSA) is 111 Å². The molecule has 10 atom stereocenters. The summed E-state index contributed by atoms with van der Waals surface area (Å²) in [7, 11) is -4.83. The molecule has 2 aliphatic heterocycles. The highest BCUT2D eigenvalue weighted by Crippen LogP contribution is 2.54. The predicted octanol–water partition coefficient (Wildman–Crippen LogP) is 16.9. The van der Waals surface area contributed by atoms with Crippen LogP contribution in [0.2, 0.25) is 20.1 Å². The van der Waals surface area contributed by atoms with Crippen LogP contribution in [0.25, 0.3) is 0 Å². The first-order valence-electron chi connectivity index (χ1n) is 26.4. The lowest BCUT2D eigenvalue weighted by atomic mass is 9.67. The van der Waals surface area contributed by atoms with Gasteiger partial charge in [-0.3, -0.25) is 18.8 Å². The van der Waals surface area contributed by atoms with Crippen molar-refractivity contribution in [3.05, 3.63) is 165 Å². The molecule has 0 saturated carbocycles. The Labute approximate surface area is 471 Å². The summed E-state index contributed by atoms with van der Waals surface area (Å²) >= 11 is 25.4. The van der Waals surface area contributed by atoms with E-state index in [0.29, 0.717) is 51.5 Å². The number of nitrogens with one attached hydrogen (secondary N) is 1. The molecule has 0 aromatic heterocycles. The number of likely N-dealkylation sites (tertiary alicyclic amines) is 2. The van der Waals surface area contributed by atoms with Crippen molar-refractivity contribution in [2.75, 3.05) is 25.7 Å². The van der Waals surface area contributed by atoms with Crippen LogP contribution in [0, 0.1) is 27.4 Å². The van der Waals surface area contributed by atoms with Crippen molar-refractivity contribution in [1.29, 1.82) is 4.78 Å². The van der Waals surface area contributed by atoms with Gasteiger partial charge in [-0.25, -0.2) is 12.8 Å². The fraction of sp³-hybridized carbons (Fsp3) is 0.500. The Morgan fingerprint density at radius 2 is 1.01 bits per heavy atom. The lowest BCUT2D eigenvalue weighted by molar-refractivity contribution is -0.155. The number of amides is 2. The van der Waals surface area contributed by atoms with Gasteiger partial charge in [0, 0.05) is 71.3 Å². The van der Waals surface area contributed by atoms with E-state index in [0.717, 1.165) is 22.3 Å². The summed E-state index contributed by atoms with van der Waals surface area (Å²) in [5.41, 5.74) is 2.74. The minimum absolute atomic E-state index is 0.000215. The summed E-state index contributed by atoms with van der Waals surface area (Å²) in [6.45, 7) is 27.7. The molecule has 6 rings (SSSR count). The van der Waals surface area contributed by atoms with E-state index in [2.05, 4.69) is 43.5 Å². The highest BCUT2D eigenvalue weighted by Gasteiger charge is 2.54. The van der Waals surface area contributed by atoms with Crippen molar-refractivity contribution in [3.63, 3.8) is 0 Å². The van der Waals surface area contributed by atoms with Crippen molar-refractivity contribution in [2.24, 2.45) is 27.0 Å². The number of halogens is 5. The number of rotatable bonds is 18. The van der Waals surface area contributed by atoms with Crippen molar-refractivity contribution in [2.45, 2.75) is 141 Å². The van der Waals surface area contributed by atoms with Crippen LogP contribution in [0.4, 0.5) is 4.39 Å². The lowest BCUT2D eigenvalue weighted by Crippen LogP contribution is -2.58. The Balaban J connectivity index is 0.000000312. The van der Waals surface area contributed by atoms with Gasteiger partial charge in [0.25, 0.3) is 0 Å². The molecule has 2 saturated heterocycles. The van der Waals surface area contributed by atoms with Gasteiger partial charge in [0.15, 0.2) is 0 Å². The number of carbonyl (C=O) groups excluding carboxylic acids is 2. The van der Waals surface area contributed by atoms with Crippen LogP contribution < -0.4 is 0 Å². The van der Waals surface area contributed by atoms with Gasteiger partial charge in [0.2, 0.25) is 11.8 Å². The average Bonchev–Trinajstić information content (AvgIpc) is 3.35. The molecule has 2 amide bonds. The van der Waals surface area contributed by atoms with Gasteiger partial charge in [0.1, 0.15) is 0 Å². The third kappa shape index (κ3) is 15.1. The van der Waals surface area contributed by atoms with Crippen LogP contribution >= 0.6 is 46.4 Å². The average molecular weight is 1150 g/mol. The molecular formula is C60H81Cl4FN4O4S2. The number of benzene rings is 4. The van der Waals surface area contributed by atoms with Crippen LogP contribution in [0.15, 0.2) is 127 Å². The highest BCUT2D eigenvalue weighted by molar-refractivity contribution is 7.94. The summed E-state index contributed by atoms with van der Waals surface area (Å²) in [6, 6.07) is 29.9. The minimum atomic E-state index is -2.92. The zero-order chi connectivity index (χ0) is 57.1. The van der Waals surface area contributed by atoms with E-state index in [4.69, 9.17) is 52.6 Å². The summed E-state index contributed by atoms with van der Waals surface area (Å²) in [6.07, 6.45) is 5.97. The van der Waals surface area contributed by atoms with Gasteiger partial charge < -0.3 is 9.80 Å². The molecule has 8 nitrogen and oxygen atoms in total. The first kappa shape index (κ1) is 62.1. The van der Waals surface area contributed by atoms with E-state index in [-0.39, 0.29) is 75.9 Å². The molecule has 15 heteroatoms. The maximum Gasteiger partial charge on any atom is 0.229 e. The second kappa shape index (κ2) is 27.2. The molecule has 4 aromatic carbocycles. The third-order valence-electron chi connectivity index (χ3n) is 15.3. The fourth-order valence-corrected chi connectivity index (χ4v) is 14.9. The molecule has 2 unspecified atom stereocenters. The van der Waals surface area contributed by atoms with E-state index in [1.165, 1.54) is 0 Å². The molecule has 0 radical (unpaired) electrons. The molecule has 75 heavy (non-hydrogen) atoms. The van der Waals surface area contributed by atoms with Gasteiger partial charge in [-0.05, 0) is 108 Å². The second-order valence-corrected chi connectivity index (χ2v) is 29.4. The molecule has 2 fully saturated rings. The highest BCUT2D eigenvalue weighted by atomic mass is 35.5. The number of hydrogen-bond donors (Lipinski definition) is 1. The summed E-state index contributed by atoms with van der Waals surface area (Å²) in [5.74, 6) is 0.494. The van der Waals surface area contributed by atoms with Crippen molar-refractivity contribution in [1.82, 2.24) is 9.80 Å². The number of alkyl halides is 1. The molecule has 1 N–H and O–H groups in total. The zero-order valence-electron chi connectivity index (χ0n) is 46.7. The van der Waals surface area contributed by atoms with Crippen LogP contribution in [0.1, 0.15) is 142 Å². The zero-order valence-corrected chi connectivity index (χ0v) is 50.4. The Hall–Kier alpha value is -3.71. The van der Waals surface area contributed by atoms with Crippen molar-refractivity contribution < 1.29 is 23.8 Å². The number of piperidine rings is 2. The summed E-state index contributed by atoms with van der Waals surface area (Å²) < 4.78 is 55.9. The van der Waals surface area contributed by atoms with Crippen molar-refractivity contribution in [3.8, 4) is 0 Å². The Bertz CT molecular complexity index is 2840. The number of carbonyl (C=O) groups is 2. The first-order chi connectivity index (χ1) is 35.6. The van der Waals surface area contributed by atoms with E-state index in [1.54, 1.807) is 13.1 Å². The number of allylic oxidation sites excluding steroid dienone is 2. The van der Waals surface area contributed by atoms with E-state index in [9.17, 15) is 22.4 Å². The SMILES string of the molecule is C=CC[C@@]1(C)C[C@H](c2cccc(Cl)c2)[C@@H](c2ccc(Cl)cc2)N([C@H](CS(=N)(=O)C(C)C)C(C)C)C1=O.C=CC[C@@]1(C)C[C@H](c2cccc(Cl)c2)[C@@H](c2ccc(Cl)cc2)N([C@H](CS(=O)(=NC)C(C)C)C(C)C)C1=O.[2H]CF. The molecule has 4 aromatic rings. The quantitative estimate of drug-likeness (QED) is 0.100. The Kier molecular flexibility index (Phi) is 22.6. The fourth-order valence-electron chi connectivity index (χ4n) is 10.9. The molecule has 0 spiro atoms. The predicted molar refractivity (Wildman–Crippen MR) is 317 cm³/mol. The maximum absolute atomic E-state index is 14.5. The molecule has 2 heterocycles. The van der Waals surface area contributed by atoms with E-state index >= 15 is 0 Å². The Morgan fingerprint density at radius 3 is 1.31 bits per heavy atom. The number of nitrogens with zero attached hydrogens (tertiary/aromatic N) is 3. The van der Waals surface area contributed by atoms with Crippen molar-refractivity contribution >= 4 is 77.7 Å². The number of hydrogen-bond acceptors (Lipinski definition) is 6. The van der Waals surface area contributed by atoms with Gasteiger partial charge >= 0.3 is 0 Å². The standard InChI is InChI=1S/C30H40Cl2N2O2S.C29H38Cl2N2O2S.CH3F/c1-8-16-30(6)18-26(23-10-9-11-25(32)17-23)28(22-12-14-24(31)15-13-22)34(29(30)35)27(20(2)3)19-37(36,33-7)21(4)5;1-7-15-29(6)17-25(22-9-8-10-24(31)16-22)27(21-11-13-23(30)14-12-21)33(28(29)34)26(19(2)3)18-36(32,35)20(4)5;1-2/h8-15,17,20-21,26-28H,1,16,18-19H2,2-7H3;7-14,16,19-20,25-27,32H,1,15,17-18H2,2-6H3;1H3/t26-,27-,28-,30+,37?;25-,26-,27-,29+,36?;/m11./s1/i;;1D. The molecular weight excluding hydrogens is 1070 g/mol. The lowest BCUT2D eigenvalue weighted by Gasteiger charge is -2.53. The third-order valence-corrected chi connectivity index (χ3v) is 21.5. The molecule has 0 aliphatic carbocycles. The molecule has 2 aliphatic rings. The van der Waals surface area contributed by atoms with Crippen LogP contribution in [-0.4, -0.2) is 78.3 Å². The van der Waals surface area contributed by atoms with Gasteiger partial charge in [-0.2, -0.15) is 0 Å².